The van der Waals surface area contributed by atoms with E-state index in [-0.39, 0.29) is 30.2 Å². The monoisotopic (exact) mass is 340 g/mol. The van der Waals surface area contributed by atoms with Gasteiger partial charge in [0.1, 0.15) is 0 Å². The van der Waals surface area contributed by atoms with E-state index in [2.05, 4.69) is 10.6 Å². The molecular weight excluding hydrogens is 316 g/mol. The highest BCUT2D eigenvalue weighted by Gasteiger charge is 2.39. The molecule has 0 bridgehead atoms. The molecule has 1 aromatic carbocycles. The number of nitrogens with one attached hydrogen (secondary N) is 2. The highest BCUT2D eigenvalue weighted by molar-refractivity contribution is 6.30. The molecule has 0 aromatic heterocycles. The van der Waals surface area contributed by atoms with Gasteiger partial charge in [0.2, 0.25) is 0 Å². The highest BCUT2D eigenvalue weighted by Crippen LogP contribution is 2.37. The molecule has 0 aliphatic heterocycles. The minimum absolute atomic E-state index is 0.000311. The number of carbonyl (C=O) groups excluding carboxylic acids is 1. The van der Waals surface area contributed by atoms with Crippen LogP contribution in [0, 0.1) is 5.41 Å². The summed E-state index contributed by atoms with van der Waals surface area (Å²) in [5, 5.41) is 16.0. The van der Waals surface area contributed by atoms with E-state index < -0.39 is 0 Å². The third kappa shape index (κ3) is 4.59. The number of benzene rings is 1. The molecule has 1 aromatic rings. The van der Waals surface area contributed by atoms with E-state index in [4.69, 9.17) is 16.3 Å². The van der Waals surface area contributed by atoms with E-state index in [1.165, 1.54) is 0 Å². The van der Waals surface area contributed by atoms with Crippen LogP contribution in [0.1, 0.15) is 37.9 Å². The number of urea groups is 1. The predicted molar refractivity (Wildman–Crippen MR) is 90.6 cm³/mol. The van der Waals surface area contributed by atoms with E-state index in [1.807, 2.05) is 25.1 Å². The number of aliphatic hydroxyl groups excluding tert-OH is 1. The third-order valence-electron chi connectivity index (χ3n) is 4.70. The Balaban J connectivity index is 1.88. The Bertz CT molecular complexity index is 540. The molecule has 128 valence electrons. The van der Waals surface area contributed by atoms with Crippen LogP contribution < -0.4 is 10.6 Å². The van der Waals surface area contributed by atoms with Gasteiger partial charge in [-0.15, -0.1) is 0 Å². The maximum Gasteiger partial charge on any atom is 0.315 e. The maximum atomic E-state index is 12.1. The van der Waals surface area contributed by atoms with Crippen molar-refractivity contribution < 1.29 is 14.6 Å². The number of aliphatic hydroxyl groups is 1. The average molecular weight is 341 g/mol. The standard InChI is InChI=1S/C17H25ClN2O3/c1-17(11-21)8-4-7-15(17)20-16(22)19-10-14(23-2)12-5-3-6-13(18)9-12/h3,5-6,9,14-15,21H,4,7-8,10-11H2,1-2H3,(H2,19,20,22). The van der Waals surface area contributed by atoms with Crippen molar-refractivity contribution in [3.8, 4) is 0 Å². The molecule has 1 aliphatic rings. The number of hydrogen-bond donors (Lipinski definition) is 3. The van der Waals surface area contributed by atoms with Crippen molar-refractivity contribution in [2.75, 3.05) is 20.3 Å². The quantitative estimate of drug-likeness (QED) is 0.745. The average Bonchev–Trinajstić information content (AvgIpc) is 2.89. The number of hydrogen-bond acceptors (Lipinski definition) is 3. The van der Waals surface area contributed by atoms with E-state index in [9.17, 15) is 9.90 Å². The van der Waals surface area contributed by atoms with Crippen LogP contribution in [0.4, 0.5) is 4.79 Å². The van der Waals surface area contributed by atoms with Crippen molar-refractivity contribution in [1.29, 1.82) is 0 Å². The predicted octanol–water partition coefficient (Wildman–Crippen LogP) is 2.88. The molecular formula is C17H25ClN2O3. The molecule has 3 unspecified atom stereocenters. The maximum absolute atomic E-state index is 12.1. The first-order chi connectivity index (χ1) is 11.0. The van der Waals surface area contributed by atoms with Crippen LogP contribution in [0.5, 0.6) is 0 Å². The molecule has 1 saturated carbocycles. The zero-order valence-corrected chi connectivity index (χ0v) is 14.4. The Morgan fingerprint density at radius 3 is 3.00 bits per heavy atom. The minimum atomic E-state index is -0.257. The summed E-state index contributed by atoms with van der Waals surface area (Å²) in [5.74, 6) is 0. The van der Waals surface area contributed by atoms with E-state index in [0.717, 1.165) is 24.8 Å². The largest absolute Gasteiger partial charge is 0.396 e. The summed E-state index contributed by atoms with van der Waals surface area (Å²) in [5.41, 5.74) is 0.687. The van der Waals surface area contributed by atoms with Gasteiger partial charge in [-0.25, -0.2) is 4.79 Å². The number of ether oxygens (including phenoxy) is 1. The van der Waals surface area contributed by atoms with Gasteiger partial charge in [0.25, 0.3) is 0 Å². The first kappa shape index (κ1) is 18.0. The van der Waals surface area contributed by atoms with Crippen LogP contribution in [0.2, 0.25) is 5.02 Å². The Labute approximate surface area is 142 Å². The van der Waals surface area contributed by atoms with Crippen molar-refractivity contribution >= 4 is 17.6 Å². The lowest BCUT2D eigenvalue weighted by atomic mass is 9.86. The fourth-order valence-corrected chi connectivity index (χ4v) is 3.31. The van der Waals surface area contributed by atoms with Crippen molar-refractivity contribution in [2.45, 2.75) is 38.3 Å². The lowest BCUT2D eigenvalue weighted by molar-refractivity contribution is 0.101. The molecule has 1 aliphatic carbocycles. The Hall–Kier alpha value is -1.30. The van der Waals surface area contributed by atoms with Gasteiger partial charge in [0, 0.05) is 30.1 Å². The summed E-state index contributed by atoms with van der Waals surface area (Å²) in [6.45, 7) is 2.45. The van der Waals surface area contributed by atoms with Gasteiger partial charge in [0.05, 0.1) is 12.7 Å². The fraction of sp³-hybridized carbons (Fsp3) is 0.588. The molecule has 0 saturated heterocycles. The van der Waals surface area contributed by atoms with Gasteiger partial charge in [-0.1, -0.05) is 37.1 Å². The molecule has 2 rings (SSSR count). The van der Waals surface area contributed by atoms with Crippen molar-refractivity contribution in [2.24, 2.45) is 5.41 Å². The van der Waals surface area contributed by atoms with Crippen molar-refractivity contribution in [1.82, 2.24) is 10.6 Å². The molecule has 1 fully saturated rings. The summed E-state index contributed by atoms with van der Waals surface area (Å²) in [4.78, 5) is 12.1. The van der Waals surface area contributed by atoms with Crippen LogP contribution in [0.3, 0.4) is 0 Å². The van der Waals surface area contributed by atoms with Crippen LogP contribution in [0.25, 0.3) is 0 Å². The van der Waals surface area contributed by atoms with Gasteiger partial charge in [-0.05, 0) is 30.5 Å². The molecule has 0 spiro atoms. The smallest absolute Gasteiger partial charge is 0.315 e. The first-order valence-electron chi connectivity index (χ1n) is 7.92. The fourth-order valence-electron chi connectivity index (χ4n) is 3.11. The van der Waals surface area contributed by atoms with Gasteiger partial charge >= 0.3 is 6.03 Å². The lowest BCUT2D eigenvalue weighted by Gasteiger charge is -2.30. The second kappa shape index (κ2) is 7.99. The number of rotatable bonds is 6. The molecule has 0 heterocycles. The number of carbonyl (C=O) groups is 1. The van der Waals surface area contributed by atoms with Crippen molar-refractivity contribution in [3.63, 3.8) is 0 Å². The molecule has 5 nitrogen and oxygen atoms in total. The lowest BCUT2D eigenvalue weighted by Crippen LogP contribution is -2.49. The summed E-state index contributed by atoms with van der Waals surface area (Å²) >= 11 is 5.99. The van der Waals surface area contributed by atoms with Crippen LogP contribution in [-0.4, -0.2) is 37.4 Å². The molecule has 3 atom stereocenters. The summed E-state index contributed by atoms with van der Waals surface area (Å²) < 4.78 is 5.43. The third-order valence-corrected chi connectivity index (χ3v) is 4.94. The second-order valence-electron chi connectivity index (χ2n) is 6.39. The number of methoxy groups -OCH3 is 1. The molecule has 3 N–H and O–H groups in total. The Kier molecular flexibility index (Phi) is 6.27. The first-order valence-corrected chi connectivity index (χ1v) is 8.30. The molecule has 2 amide bonds. The van der Waals surface area contributed by atoms with E-state index >= 15 is 0 Å². The zero-order chi connectivity index (χ0) is 16.9. The Morgan fingerprint density at radius 2 is 2.35 bits per heavy atom. The van der Waals surface area contributed by atoms with Gasteiger partial charge < -0.3 is 20.5 Å². The second-order valence-corrected chi connectivity index (χ2v) is 6.83. The summed E-state index contributed by atoms with van der Waals surface area (Å²) in [6, 6.07) is 7.16. The van der Waals surface area contributed by atoms with E-state index in [0.29, 0.717) is 11.6 Å². The number of halogens is 1. The topological polar surface area (TPSA) is 70.6 Å². The molecule has 6 heteroatoms. The summed E-state index contributed by atoms with van der Waals surface area (Å²) in [6.07, 6.45) is 2.59. The van der Waals surface area contributed by atoms with Crippen LogP contribution in [-0.2, 0) is 4.74 Å². The van der Waals surface area contributed by atoms with Gasteiger partial charge in [0.15, 0.2) is 0 Å². The van der Waals surface area contributed by atoms with Gasteiger partial charge in [-0.3, -0.25) is 0 Å². The highest BCUT2D eigenvalue weighted by atomic mass is 35.5. The van der Waals surface area contributed by atoms with Crippen LogP contribution in [0.15, 0.2) is 24.3 Å². The van der Waals surface area contributed by atoms with Crippen LogP contribution >= 0.6 is 11.6 Å². The zero-order valence-electron chi connectivity index (χ0n) is 13.6. The van der Waals surface area contributed by atoms with Crippen molar-refractivity contribution in [3.05, 3.63) is 34.9 Å². The SMILES string of the molecule is COC(CNC(=O)NC1CCCC1(C)CO)c1cccc(Cl)c1. The number of amides is 2. The molecule has 0 radical (unpaired) electrons. The minimum Gasteiger partial charge on any atom is -0.396 e. The normalized spacial score (nSPS) is 25.1. The van der Waals surface area contributed by atoms with Gasteiger partial charge in [-0.2, -0.15) is 0 Å². The van der Waals surface area contributed by atoms with E-state index in [1.54, 1.807) is 13.2 Å². The Morgan fingerprint density at radius 1 is 1.57 bits per heavy atom. The molecule has 23 heavy (non-hydrogen) atoms. The summed E-state index contributed by atoms with van der Waals surface area (Å²) in [7, 11) is 1.60.